The van der Waals surface area contributed by atoms with Crippen molar-refractivity contribution in [3.8, 4) is 0 Å². The number of hydrogen-bond acceptors (Lipinski definition) is 3. The quantitative estimate of drug-likeness (QED) is 0.655. The summed E-state index contributed by atoms with van der Waals surface area (Å²) >= 11 is 0. The van der Waals surface area contributed by atoms with Crippen LogP contribution in [0, 0.1) is 28.6 Å². The highest BCUT2D eigenvalue weighted by molar-refractivity contribution is 5.90. The van der Waals surface area contributed by atoms with Gasteiger partial charge in [0.2, 0.25) is 5.91 Å². The summed E-state index contributed by atoms with van der Waals surface area (Å²) in [6.07, 6.45) is 11.2. The molecule has 3 aliphatic carbocycles. The van der Waals surface area contributed by atoms with Gasteiger partial charge in [0.25, 0.3) is 0 Å². The van der Waals surface area contributed by atoms with Gasteiger partial charge in [-0.3, -0.25) is 4.79 Å². The molecular weight excluding hydrogens is 398 g/mol. The summed E-state index contributed by atoms with van der Waals surface area (Å²) in [7, 11) is 1.95. The maximum absolute atomic E-state index is 12.7. The zero-order chi connectivity index (χ0) is 22.3. The minimum absolute atomic E-state index is 0.0228. The van der Waals surface area contributed by atoms with E-state index < -0.39 is 0 Å². The normalized spacial score (nSPS) is 42.2. The van der Waals surface area contributed by atoms with E-state index in [1.807, 2.05) is 30.1 Å². The lowest BCUT2D eigenvalue weighted by atomic mass is 9.47. The summed E-state index contributed by atoms with van der Waals surface area (Å²) in [4.78, 5) is 14.7. The summed E-state index contributed by atoms with van der Waals surface area (Å²) in [6, 6.07) is 10.3. The molecule has 0 radical (unpaired) electrons. The molecule has 6 rings (SSSR count). The molecule has 4 heteroatoms. The summed E-state index contributed by atoms with van der Waals surface area (Å²) in [5.74, 6) is 2.52. The van der Waals surface area contributed by atoms with E-state index in [9.17, 15) is 9.90 Å². The fourth-order valence-electron chi connectivity index (χ4n) is 8.07. The number of carbonyl (C=O) groups excluding carboxylic acids is 1. The van der Waals surface area contributed by atoms with Gasteiger partial charge in [-0.25, -0.2) is 0 Å². The number of likely N-dealkylation sites (N-methyl/N-ethyl adjacent to an activating group) is 1. The lowest BCUT2D eigenvalue weighted by molar-refractivity contribution is -0.135. The Labute approximate surface area is 190 Å². The second-order valence-corrected chi connectivity index (χ2v) is 11.2. The third-order valence-electron chi connectivity index (χ3n) is 9.69. The van der Waals surface area contributed by atoms with Crippen molar-refractivity contribution in [2.75, 3.05) is 7.05 Å². The maximum atomic E-state index is 12.7. The predicted molar refractivity (Wildman–Crippen MR) is 126 cm³/mol. The van der Waals surface area contributed by atoms with E-state index >= 15 is 0 Å². The van der Waals surface area contributed by atoms with Crippen molar-refractivity contribution in [2.24, 2.45) is 28.6 Å². The number of benzene rings is 1. The van der Waals surface area contributed by atoms with E-state index in [0.29, 0.717) is 17.8 Å². The van der Waals surface area contributed by atoms with Crippen LogP contribution >= 0.6 is 0 Å². The number of furan rings is 1. The van der Waals surface area contributed by atoms with Crippen LogP contribution in [-0.4, -0.2) is 35.1 Å². The molecular formula is C28H33NO3. The monoisotopic (exact) mass is 431 g/mol. The SMILES string of the molecule is CN1C(=O)C=C[C@@]2(C)C1C(=Cc1cc3ccccc3o1)C[C@@H]1[C@H]2CC[C@]2(C)C(O)CC[C@@H]12. The van der Waals surface area contributed by atoms with Crippen LogP contribution in [0.15, 0.2) is 52.5 Å². The number of aliphatic hydroxyl groups is 1. The highest BCUT2D eigenvalue weighted by Gasteiger charge is 2.61. The van der Waals surface area contributed by atoms with Crippen molar-refractivity contribution in [1.29, 1.82) is 0 Å². The summed E-state index contributed by atoms with van der Waals surface area (Å²) in [5, 5.41) is 11.9. The van der Waals surface area contributed by atoms with Crippen molar-refractivity contribution >= 4 is 23.0 Å². The standard InChI is InChI=1S/C28H33NO3/c1-27-12-10-22-20(21(27)8-9-24(27)30)16-18(26-28(22,2)13-11-25(31)29(26)3)15-19-14-17-6-4-5-7-23(17)32-19/h4-7,11,13-15,20-22,24,26,30H,8-10,12,16H2,1-3H3/t20-,21-,22+,24?,26?,27-,28+/m0/s1. The molecule has 4 nitrogen and oxygen atoms in total. The highest BCUT2D eigenvalue weighted by atomic mass is 16.3. The molecule has 1 aromatic heterocycles. The predicted octanol–water partition coefficient (Wildman–Crippen LogP) is 5.43. The Hall–Kier alpha value is -2.33. The van der Waals surface area contributed by atoms with Gasteiger partial charge in [0.05, 0.1) is 12.1 Å². The van der Waals surface area contributed by atoms with Crippen LogP contribution in [0.3, 0.4) is 0 Å². The zero-order valence-corrected chi connectivity index (χ0v) is 19.3. The summed E-state index contributed by atoms with van der Waals surface area (Å²) in [5.41, 5.74) is 2.11. The molecule has 3 saturated carbocycles. The minimum atomic E-state index is -0.187. The third-order valence-corrected chi connectivity index (χ3v) is 9.69. The smallest absolute Gasteiger partial charge is 0.246 e. The number of fused-ring (bicyclic) bond motifs is 6. The van der Waals surface area contributed by atoms with Crippen LogP contribution in [0.2, 0.25) is 0 Å². The molecule has 7 atom stereocenters. The number of aliphatic hydroxyl groups excluding tert-OH is 1. The van der Waals surface area contributed by atoms with Gasteiger partial charge in [-0.2, -0.15) is 0 Å². The van der Waals surface area contributed by atoms with Gasteiger partial charge < -0.3 is 14.4 Å². The number of amides is 1. The number of nitrogens with zero attached hydrogens (tertiary/aromatic N) is 1. The molecule has 0 saturated heterocycles. The van der Waals surface area contributed by atoms with Gasteiger partial charge in [0.1, 0.15) is 11.3 Å². The van der Waals surface area contributed by atoms with E-state index in [1.54, 1.807) is 6.08 Å². The largest absolute Gasteiger partial charge is 0.457 e. The summed E-state index contributed by atoms with van der Waals surface area (Å²) < 4.78 is 6.17. The lowest BCUT2D eigenvalue weighted by Crippen LogP contribution is -2.60. The Bertz CT molecular complexity index is 1110. The molecule has 4 aliphatic rings. The second kappa shape index (κ2) is 6.84. The van der Waals surface area contributed by atoms with Gasteiger partial charge in [0, 0.05) is 17.8 Å². The Balaban J connectivity index is 1.48. The van der Waals surface area contributed by atoms with Crippen LogP contribution in [0.5, 0.6) is 0 Å². The Kier molecular flexibility index (Phi) is 4.33. The second-order valence-electron chi connectivity index (χ2n) is 11.2. The van der Waals surface area contributed by atoms with Crippen LogP contribution in [0.1, 0.15) is 51.7 Å². The molecule has 1 aliphatic heterocycles. The van der Waals surface area contributed by atoms with Gasteiger partial charge in [-0.05, 0) is 85.1 Å². The topological polar surface area (TPSA) is 53.7 Å². The van der Waals surface area contributed by atoms with Crippen molar-refractivity contribution in [3.63, 3.8) is 0 Å². The number of para-hydroxylation sites is 1. The molecule has 0 spiro atoms. The highest BCUT2D eigenvalue weighted by Crippen LogP contribution is 2.64. The number of rotatable bonds is 1. The Morgan fingerprint density at radius 2 is 1.97 bits per heavy atom. The van der Waals surface area contributed by atoms with E-state index in [4.69, 9.17) is 4.42 Å². The van der Waals surface area contributed by atoms with E-state index in [0.717, 1.165) is 48.8 Å². The first-order valence-electron chi connectivity index (χ1n) is 12.1. The average Bonchev–Trinajstić information content (AvgIpc) is 3.31. The molecule has 2 aromatic rings. The Morgan fingerprint density at radius 1 is 1.16 bits per heavy atom. The number of carbonyl (C=O) groups is 1. The first-order chi connectivity index (χ1) is 15.3. The molecule has 32 heavy (non-hydrogen) atoms. The van der Waals surface area contributed by atoms with Crippen molar-refractivity contribution in [1.82, 2.24) is 4.90 Å². The fraction of sp³-hybridized carbons (Fsp3) is 0.536. The number of hydrogen-bond donors (Lipinski definition) is 1. The molecule has 168 valence electrons. The van der Waals surface area contributed by atoms with Crippen LogP contribution in [0.25, 0.3) is 17.0 Å². The lowest BCUT2D eigenvalue weighted by Gasteiger charge is -2.60. The van der Waals surface area contributed by atoms with Crippen molar-refractivity contribution < 1.29 is 14.3 Å². The molecule has 0 bridgehead atoms. The molecule has 1 N–H and O–H groups in total. The van der Waals surface area contributed by atoms with Gasteiger partial charge in [-0.1, -0.05) is 38.1 Å². The van der Waals surface area contributed by atoms with E-state index in [2.05, 4.69) is 38.1 Å². The van der Waals surface area contributed by atoms with Crippen molar-refractivity contribution in [3.05, 3.63) is 53.8 Å². The molecule has 3 fully saturated rings. The molecule has 2 heterocycles. The third kappa shape index (κ3) is 2.68. The van der Waals surface area contributed by atoms with Crippen LogP contribution in [-0.2, 0) is 4.79 Å². The van der Waals surface area contributed by atoms with Gasteiger partial charge in [-0.15, -0.1) is 0 Å². The van der Waals surface area contributed by atoms with Crippen molar-refractivity contribution in [2.45, 2.75) is 58.1 Å². The first kappa shape index (κ1) is 20.3. The van der Waals surface area contributed by atoms with E-state index in [1.165, 1.54) is 5.57 Å². The van der Waals surface area contributed by atoms with Crippen LogP contribution < -0.4 is 0 Å². The fourth-order valence-corrected chi connectivity index (χ4v) is 8.07. The van der Waals surface area contributed by atoms with Crippen LogP contribution in [0.4, 0.5) is 0 Å². The molecule has 1 amide bonds. The average molecular weight is 432 g/mol. The maximum Gasteiger partial charge on any atom is 0.246 e. The summed E-state index contributed by atoms with van der Waals surface area (Å²) in [6.45, 7) is 4.67. The molecule has 1 aromatic carbocycles. The first-order valence-corrected chi connectivity index (χ1v) is 12.1. The van der Waals surface area contributed by atoms with Gasteiger partial charge >= 0.3 is 0 Å². The van der Waals surface area contributed by atoms with Gasteiger partial charge in [0.15, 0.2) is 0 Å². The molecule has 2 unspecified atom stereocenters. The van der Waals surface area contributed by atoms with E-state index in [-0.39, 0.29) is 28.9 Å². The zero-order valence-electron chi connectivity index (χ0n) is 19.3. The Morgan fingerprint density at radius 3 is 2.78 bits per heavy atom. The minimum Gasteiger partial charge on any atom is -0.457 e.